The number of aliphatic imine (C=N–C) groups is 1. The standard InChI is InChI=1S/C18H21N5O/c1-4-14-11(3)13-9-19-10-23(18(13)21-14)16-6-12-8-20-22-15(12)7-17(16)24-5-2/h6-9,21H,4-5,10H2,1-3H3,(H,20,22). The van der Waals surface area contributed by atoms with Crippen LogP contribution in [-0.2, 0) is 6.42 Å². The van der Waals surface area contributed by atoms with Crippen molar-refractivity contribution in [3.63, 3.8) is 0 Å². The first-order valence-corrected chi connectivity index (χ1v) is 8.31. The molecule has 2 aromatic heterocycles. The molecule has 0 atom stereocenters. The summed E-state index contributed by atoms with van der Waals surface area (Å²) in [4.78, 5) is 10.3. The summed E-state index contributed by atoms with van der Waals surface area (Å²) < 4.78 is 5.89. The number of benzene rings is 1. The van der Waals surface area contributed by atoms with E-state index >= 15 is 0 Å². The highest BCUT2D eigenvalue weighted by atomic mass is 16.5. The van der Waals surface area contributed by atoms with Crippen molar-refractivity contribution >= 4 is 28.6 Å². The Morgan fingerprint density at radius 2 is 2.17 bits per heavy atom. The summed E-state index contributed by atoms with van der Waals surface area (Å²) in [5.74, 6) is 1.92. The van der Waals surface area contributed by atoms with Crippen LogP contribution in [0, 0.1) is 6.92 Å². The molecule has 1 aliphatic heterocycles. The molecular formula is C18H21N5O. The second kappa shape index (κ2) is 5.70. The lowest BCUT2D eigenvalue weighted by Crippen LogP contribution is -2.22. The molecule has 24 heavy (non-hydrogen) atoms. The first-order chi connectivity index (χ1) is 11.7. The molecule has 3 heterocycles. The molecule has 0 saturated heterocycles. The van der Waals surface area contributed by atoms with Crippen molar-refractivity contribution in [1.29, 1.82) is 0 Å². The number of anilines is 2. The fourth-order valence-corrected chi connectivity index (χ4v) is 3.29. The fourth-order valence-electron chi connectivity index (χ4n) is 3.29. The Labute approximate surface area is 140 Å². The number of hydrogen-bond acceptors (Lipinski definition) is 4. The molecule has 2 N–H and O–H groups in total. The van der Waals surface area contributed by atoms with Crippen molar-refractivity contribution in [2.24, 2.45) is 4.99 Å². The van der Waals surface area contributed by atoms with Crippen molar-refractivity contribution in [2.75, 3.05) is 18.2 Å². The number of aromatic nitrogens is 3. The van der Waals surface area contributed by atoms with Gasteiger partial charge in [-0.15, -0.1) is 0 Å². The minimum Gasteiger partial charge on any atom is -0.492 e. The molecule has 0 radical (unpaired) electrons. The van der Waals surface area contributed by atoms with Gasteiger partial charge in [0, 0.05) is 28.9 Å². The highest BCUT2D eigenvalue weighted by Gasteiger charge is 2.24. The molecule has 3 aromatic rings. The first kappa shape index (κ1) is 14.8. The minimum atomic E-state index is 0.569. The highest BCUT2D eigenvalue weighted by Crippen LogP contribution is 2.39. The van der Waals surface area contributed by atoms with Gasteiger partial charge in [-0.25, -0.2) is 0 Å². The second-order valence-electron chi connectivity index (χ2n) is 5.94. The number of fused-ring (bicyclic) bond motifs is 2. The number of aromatic amines is 2. The minimum absolute atomic E-state index is 0.569. The van der Waals surface area contributed by atoms with Gasteiger partial charge in [-0.1, -0.05) is 6.92 Å². The lowest BCUT2D eigenvalue weighted by Gasteiger charge is -2.27. The quantitative estimate of drug-likeness (QED) is 0.769. The molecule has 0 fully saturated rings. The average molecular weight is 323 g/mol. The van der Waals surface area contributed by atoms with Crippen LogP contribution >= 0.6 is 0 Å². The Morgan fingerprint density at radius 3 is 2.96 bits per heavy atom. The van der Waals surface area contributed by atoms with Crippen LogP contribution < -0.4 is 9.64 Å². The Morgan fingerprint density at radius 1 is 1.29 bits per heavy atom. The van der Waals surface area contributed by atoms with E-state index in [4.69, 9.17) is 4.74 Å². The molecule has 0 saturated carbocycles. The van der Waals surface area contributed by atoms with Gasteiger partial charge in [0.05, 0.1) is 24.0 Å². The van der Waals surface area contributed by atoms with Gasteiger partial charge < -0.3 is 14.6 Å². The molecule has 6 nitrogen and oxygen atoms in total. The number of rotatable bonds is 4. The number of H-pyrrole nitrogens is 2. The van der Waals surface area contributed by atoms with E-state index in [2.05, 4.69) is 45.0 Å². The summed E-state index contributed by atoms with van der Waals surface area (Å²) in [7, 11) is 0. The second-order valence-corrected chi connectivity index (χ2v) is 5.94. The van der Waals surface area contributed by atoms with E-state index in [1.54, 1.807) is 0 Å². The summed E-state index contributed by atoms with van der Waals surface area (Å²) in [6.07, 6.45) is 4.77. The van der Waals surface area contributed by atoms with Gasteiger partial charge in [0.25, 0.3) is 0 Å². The van der Waals surface area contributed by atoms with E-state index in [9.17, 15) is 0 Å². The zero-order chi connectivity index (χ0) is 16.7. The molecule has 0 unspecified atom stereocenters. The summed E-state index contributed by atoms with van der Waals surface area (Å²) in [6.45, 7) is 7.48. The maximum atomic E-state index is 5.89. The Bertz CT molecular complexity index is 921. The predicted molar refractivity (Wildman–Crippen MR) is 96.8 cm³/mol. The van der Waals surface area contributed by atoms with Crippen LogP contribution in [0.3, 0.4) is 0 Å². The zero-order valence-electron chi connectivity index (χ0n) is 14.2. The molecule has 1 aliphatic rings. The van der Waals surface area contributed by atoms with Gasteiger partial charge >= 0.3 is 0 Å². The molecule has 0 aliphatic carbocycles. The molecule has 0 spiro atoms. The molecule has 0 amide bonds. The maximum Gasteiger partial charge on any atom is 0.145 e. The highest BCUT2D eigenvalue weighted by molar-refractivity contribution is 5.95. The van der Waals surface area contributed by atoms with Crippen molar-refractivity contribution in [2.45, 2.75) is 27.2 Å². The van der Waals surface area contributed by atoms with Crippen molar-refractivity contribution < 1.29 is 4.74 Å². The Balaban J connectivity index is 1.89. The summed E-state index contributed by atoms with van der Waals surface area (Å²) in [6, 6.07) is 4.12. The number of ether oxygens (including phenoxy) is 1. The molecule has 0 bridgehead atoms. The third-order valence-corrected chi connectivity index (χ3v) is 4.56. The number of aryl methyl sites for hydroxylation is 1. The van der Waals surface area contributed by atoms with Crippen molar-refractivity contribution in [1.82, 2.24) is 15.2 Å². The Kier molecular flexibility index (Phi) is 3.52. The summed E-state index contributed by atoms with van der Waals surface area (Å²) in [5.41, 5.74) is 5.66. The normalized spacial score (nSPS) is 13.5. The van der Waals surface area contributed by atoms with Crippen LogP contribution in [0.15, 0.2) is 23.3 Å². The predicted octanol–water partition coefficient (Wildman–Crippen LogP) is 3.69. The third-order valence-electron chi connectivity index (χ3n) is 4.56. The van der Waals surface area contributed by atoms with Gasteiger partial charge in [0.2, 0.25) is 0 Å². The van der Waals surface area contributed by atoms with Gasteiger partial charge in [-0.2, -0.15) is 5.10 Å². The van der Waals surface area contributed by atoms with Gasteiger partial charge in [0.15, 0.2) is 0 Å². The van der Waals surface area contributed by atoms with E-state index in [1.807, 2.05) is 25.4 Å². The average Bonchev–Trinajstić information content (AvgIpc) is 3.18. The first-order valence-electron chi connectivity index (χ1n) is 8.31. The maximum absolute atomic E-state index is 5.89. The molecule has 1 aromatic carbocycles. The van der Waals surface area contributed by atoms with Crippen LogP contribution in [0.2, 0.25) is 0 Å². The van der Waals surface area contributed by atoms with E-state index in [0.717, 1.165) is 40.1 Å². The molecular weight excluding hydrogens is 302 g/mol. The van der Waals surface area contributed by atoms with Crippen molar-refractivity contribution in [3.05, 3.63) is 35.2 Å². The lowest BCUT2D eigenvalue weighted by atomic mass is 10.1. The fraction of sp³-hybridized carbons (Fsp3) is 0.333. The summed E-state index contributed by atoms with van der Waals surface area (Å²) in [5, 5.41) is 8.19. The topological polar surface area (TPSA) is 69.3 Å². The van der Waals surface area contributed by atoms with Crippen molar-refractivity contribution in [3.8, 4) is 5.75 Å². The van der Waals surface area contributed by atoms with Gasteiger partial charge in [-0.05, 0) is 31.9 Å². The lowest BCUT2D eigenvalue weighted by molar-refractivity contribution is 0.341. The smallest absolute Gasteiger partial charge is 0.145 e. The SMILES string of the molecule is CCOc1cc2[nH]ncc2cc1N1CN=Cc2c1[nH]c(CC)c2C. The monoisotopic (exact) mass is 323 g/mol. The van der Waals surface area contributed by atoms with Crippen LogP contribution in [0.1, 0.15) is 30.7 Å². The zero-order valence-corrected chi connectivity index (χ0v) is 14.2. The molecule has 124 valence electrons. The number of hydrogen-bond donors (Lipinski definition) is 2. The molecule has 4 rings (SSSR count). The van der Waals surface area contributed by atoms with Gasteiger partial charge in [-0.3, -0.25) is 10.1 Å². The van der Waals surface area contributed by atoms with Gasteiger partial charge in [0.1, 0.15) is 18.2 Å². The van der Waals surface area contributed by atoms with Crippen LogP contribution in [0.5, 0.6) is 5.75 Å². The van der Waals surface area contributed by atoms with Crippen LogP contribution in [0.25, 0.3) is 10.9 Å². The van der Waals surface area contributed by atoms with E-state index < -0.39 is 0 Å². The largest absolute Gasteiger partial charge is 0.492 e. The van der Waals surface area contributed by atoms with E-state index in [0.29, 0.717) is 13.3 Å². The number of nitrogens with one attached hydrogen (secondary N) is 2. The van der Waals surface area contributed by atoms with E-state index in [1.165, 1.54) is 11.3 Å². The van der Waals surface area contributed by atoms with Crippen LogP contribution in [-0.4, -0.2) is 34.7 Å². The Hall–Kier alpha value is -2.76. The number of nitrogens with zero attached hydrogens (tertiary/aromatic N) is 3. The third kappa shape index (κ3) is 2.18. The van der Waals surface area contributed by atoms with E-state index in [-0.39, 0.29) is 0 Å². The summed E-state index contributed by atoms with van der Waals surface area (Å²) >= 11 is 0. The van der Waals surface area contributed by atoms with Crippen LogP contribution in [0.4, 0.5) is 11.5 Å². The molecule has 6 heteroatoms.